The molecule has 2 aromatic rings. The van der Waals surface area contributed by atoms with Gasteiger partial charge in [0.2, 0.25) is 10.0 Å². The number of hydrogen-bond donors (Lipinski definition) is 2. The summed E-state index contributed by atoms with van der Waals surface area (Å²) in [7, 11) is -3.90. The third-order valence-electron chi connectivity index (χ3n) is 3.58. The van der Waals surface area contributed by atoms with Crippen molar-refractivity contribution in [2.45, 2.75) is 31.6 Å². The highest BCUT2D eigenvalue weighted by atomic mass is 32.2. The Kier molecular flexibility index (Phi) is 4.91. The molecule has 1 atom stereocenters. The van der Waals surface area contributed by atoms with Crippen LogP contribution in [0.3, 0.4) is 0 Å². The van der Waals surface area contributed by atoms with Crippen LogP contribution in [0, 0.1) is 13.8 Å². The van der Waals surface area contributed by atoms with E-state index >= 15 is 0 Å². The summed E-state index contributed by atoms with van der Waals surface area (Å²) in [4.78, 5) is 11.9. The van der Waals surface area contributed by atoms with E-state index < -0.39 is 15.9 Å². The van der Waals surface area contributed by atoms with Crippen LogP contribution in [0.2, 0.25) is 0 Å². The molecular formula is C16H20N2O4S. The van der Waals surface area contributed by atoms with E-state index in [2.05, 4.69) is 11.4 Å². The number of nitrogens with one attached hydrogen (secondary N) is 1. The molecule has 0 aliphatic heterocycles. The average Bonchev–Trinajstić information content (AvgIpc) is 2.86. The summed E-state index contributed by atoms with van der Waals surface area (Å²) in [5.74, 6) is -0.317. The molecule has 0 saturated heterocycles. The third kappa shape index (κ3) is 4.20. The van der Waals surface area contributed by atoms with Crippen LogP contribution in [0.1, 0.15) is 40.3 Å². The third-order valence-corrected chi connectivity index (χ3v) is 4.60. The number of rotatable bonds is 5. The van der Waals surface area contributed by atoms with Crippen LogP contribution in [0.15, 0.2) is 39.6 Å². The van der Waals surface area contributed by atoms with E-state index in [1.165, 1.54) is 6.92 Å². The van der Waals surface area contributed by atoms with Gasteiger partial charge < -0.3 is 9.73 Å². The predicted octanol–water partition coefficient (Wildman–Crippen LogP) is 2.08. The monoisotopic (exact) mass is 336 g/mol. The maximum Gasteiger partial charge on any atom is 0.287 e. The van der Waals surface area contributed by atoms with Gasteiger partial charge in [0, 0.05) is 12.6 Å². The van der Waals surface area contributed by atoms with Crippen LogP contribution < -0.4 is 10.5 Å². The Hall–Kier alpha value is -2.12. The van der Waals surface area contributed by atoms with Gasteiger partial charge >= 0.3 is 0 Å². The minimum Gasteiger partial charge on any atom is -0.455 e. The highest BCUT2D eigenvalue weighted by Gasteiger charge is 2.21. The van der Waals surface area contributed by atoms with Crippen molar-refractivity contribution in [3.63, 3.8) is 0 Å². The van der Waals surface area contributed by atoms with Gasteiger partial charge in [0.1, 0.15) is 10.7 Å². The van der Waals surface area contributed by atoms with Crippen molar-refractivity contribution < 1.29 is 17.6 Å². The van der Waals surface area contributed by atoms with Gasteiger partial charge in [0.15, 0.2) is 5.76 Å². The van der Waals surface area contributed by atoms with E-state index in [9.17, 15) is 13.2 Å². The first-order valence-corrected chi connectivity index (χ1v) is 8.71. The van der Waals surface area contributed by atoms with Crippen molar-refractivity contribution in [1.82, 2.24) is 5.32 Å². The lowest BCUT2D eigenvalue weighted by Crippen LogP contribution is -2.27. The van der Waals surface area contributed by atoms with Crippen LogP contribution in [-0.2, 0) is 10.0 Å². The fourth-order valence-corrected chi connectivity index (χ4v) is 3.00. The van der Waals surface area contributed by atoms with Crippen molar-refractivity contribution in [1.29, 1.82) is 0 Å². The zero-order valence-electron chi connectivity index (χ0n) is 13.3. The molecule has 23 heavy (non-hydrogen) atoms. The van der Waals surface area contributed by atoms with E-state index in [4.69, 9.17) is 9.56 Å². The molecule has 0 aliphatic carbocycles. The highest BCUT2D eigenvalue weighted by molar-refractivity contribution is 7.89. The summed E-state index contributed by atoms with van der Waals surface area (Å²) in [5.41, 5.74) is 2.27. The van der Waals surface area contributed by atoms with Gasteiger partial charge in [-0.15, -0.1) is 0 Å². The quantitative estimate of drug-likeness (QED) is 0.872. The zero-order valence-corrected chi connectivity index (χ0v) is 14.1. The summed E-state index contributed by atoms with van der Waals surface area (Å²) in [6.07, 6.45) is 0. The number of primary sulfonamides is 1. The molecule has 0 saturated carbocycles. The molecule has 0 fully saturated rings. The molecular weight excluding hydrogens is 316 g/mol. The molecule has 0 radical (unpaired) electrons. The molecule has 6 nitrogen and oxygen atoms in total. The molecule has 124 valence electrons. The topological polar surface area (TPSA) is 102 Å². The van der Waals surface area contributed by atoms with Gasteiger partial charge in [0.05, 0.1) is 0 Å². The van der Waals surface area contributed by atoms with E-state index in [-0.39, 0.29) is 22.3 Å². The number of sulfonamides is 1. The van der Waals surface area contributed by atoms with Gasteiger partial charge in [-0.3, -0.25) is 4.79 Å². The maximum absolute atomic E-state index is 12.1. The molecule has 2 rings (SSSR count). The normalized spacial score (nSPS) is 12.9. The van der Waals surface area contributed by atoms with Crippen LogP contribution in [-0.4, -0.2) is 20.9 Å². The minimum atomic E-state index is -3.90. The SMILES string of the molecule is Cc1cccc([C@H](C)CNC(=O)c2cc(S(N)(=O)=O)c(C)o2)c1. The average molecular weight is 336 g/mol. The largest absolute Gasteiger partial charge is 0.455 e. The first-order chi connectivity index (χ1) is 10.7. The van der Waals surface area contributed by atoms with Crippen molar-refractivity contribution in [2.24, 2.45) is 5.14 Å². The van der Waals surface area contributed by atoms with E-state index in [1.807, 2.05) is 32.0 Å². The van der Waals surface area contributed by atoms with Gasteiger partial charge in [0.25, 0.3) is 5.91 Å². The van der Waals surface area contributed by atoms with Crippen LogP contribution in [0.5, 0.6) is 0 Å². The van der Waals surface area contributed by atoms with Crippen LogP contribution in [0.25, 0.3) is 0 Å². The van der Waals surface area contributed by atoms with Crippen molar-refractivity contribution in [2.75, 3.05) is 6.54 Å². The standard InChI is InChI=1S/C16H20N2O4S/c1-10-5-4-6-13(7-10)11(2)9-18-16(19)14-8-15(12(3)22-14)23(17,20)21/h4-8,11H,9H2,1-3H3,(H,18,19)(H2,17,20,21)/t11-/m1/s1. The number of carbonyl (C=O) groups is 1. The lowest BCUT2D eigenvalue weighted by atomic mass is 9.99. The molecule has 0 aliphatic rings. The summed E-state index contributed by atoms with van der Waals surface area (Å²) < 4.78 is 27.9. The smallest absolute Gasteiger partial charge is 0.287 e. The number of benzene rings is 1. The Morgan fingerprint density at radius 1 is 1.30 bits per heavy atom. The molecule has 1 amide bonds. The van der Waals surface area contributed by atoms with Crippen molar-refractivity contribution in [3.05, 3.63) is 53.0 Å². The summed E-state index contributed by atoms with van der Waals surface area (Å²) in [6, 6.07) is 9.19. The molecule has 1 aromatic carbocycles. The van der Waals surface area contributed by atoms with Gasteiger partial charge in [-0.2, -0.15) is 0 Å². The fraction of sp³-hybridized carbons (Fsp3) is 0.312. The molecule has 0 spiro atoms. The number of carbonyl (C=O) groups excluding carboxylic acids is 1. The van der Waals surface area contributed by atoms with E-state index in [0.717, 1.165) is 17.2 Å². The molecule has 0 bridgehead atoms. The molecule has 0 unspecified atom stereocenters. The number of furan rings is 1. The van der Waals surface area contributed by atoms with Gasteiger partial charge in [-0.05, 0) is 25.3 Å². The molecule has 1 aromatic heterocycles. The molecule has 7 heteroatoms. The van der Waals surface area contributed by atoms with Gasteiger partial charge in [-0.25, -0.2) is 13.6 Å². The minimum absolute atomic E-state index is 0.0667. The summed E-state index contributed by atoms with van der Waals surface area (Å²) in [5, 5.41) is 7.80. The first kappa shape index (κ1) is 17.2. The second-order valence-corrected chi connectivity index (χ2v) is 7.13. The maximum atomic E-state index is 12.1. The summed E-state index contributed by atoms with van der Waals surface area (Å²) >= 11 is 0. The summed E-state index contributed by atoms with van der Waals surface area (Å²) in [6.45, 7) is 5.87. The molecule has 3 N–H and O–H groups in total. The number of nitrogens with two attached hydrogens (primary N) is 1. The van der Waals surface area contributed by atoms with Crippen molar-refractivity contribution >= 4 is 15.9 Å². The Morgan fingerprint density at radius 3 is 2.57 bits per heavy atom. The number of aryl methyl sites for hydroxylation is 2. The lowest BCUT2D eigenvalue weighted by molar-refractivity contribution is 0.0922. The second kappa shape index (κ2) is 6.55. The van der Waals surface area contributed by atoms with Crippen LogP contribution >= 0.6 is 0 Å². The fourth-order valence-electron chi connectivity index (χ4n) is 2.29. The van der Waals surface area contributed by atoms with Gasteiger partial charge in [-0.1, -0.05) is 36.8 Å². The Morgan fingerprint density at radius 2 is 2.00 bits per heavy atom. The highest BCUT2D eigenvalue weighted by Crippen LogP contribution is 2.19. The van der Waals surface area contributed by atoms with Crippen molar-refractivity contribution in [3.8, 4) is 0 Å². The molecule has 1 heterocycles. The first-order valence-electron chi connectivity index (χ1n) is 7.16. The Bertz CT molecular complexity index is 824. The zero-order chi connectivity index (χ0) is 17.2. The Balaban J connectivity index is 2.05. The lowest BCUT2D eigenvalue weighted by Gasteiger charge is -2.13. The van der Waals surface area contributed by atoms with Crippen LogP contribution in [0.4, 0.5) is 0 Å². The number of hydrogen-bond acceptors (Lipinski definition) is 4. The Labute approximate surface area is 135 Å². The second-order valence-electron chi connectivity index (χ2n) is 5.60. The van der Waals surface area contributed by atoms with E-state index in [0.29, 0.717) is 6.54 Å². The van der Waals surface area contributed by atoms with E-state index in [1.54, 1.807) is 0 Å². The predicted molar refractivity (Wildman–Crippen MR) is 86.7 cm³/mol. The number of amides is 1.